The van der Waals surface area contributed by atoms with E-state index in [0.717, 1.165) is 19.4 Å². The number of urea groups is 1. The summed E-state index contributed by atoms with van der Waals surface area (Å²) < 4.78 is 7.27. The minimum absolute atomic E-state index is 0.128. The van der Waals surface area contributed by atoms with E-state index in [1.807, 2.05) is 31.3 Å². The number of likely N-dealkylation sites (N-methyl/N-ethyl adjacent to an activating group) is 1. The van der Waals surface area contributed by atoms with E-state index >= 15 is 0 Å². The highest BCUT2D eigenvalue weighted by Gasteiger charge is 2.21. The first-order valence-corrected chi connectivity index (χ1v) is 7.90. The average Bonchev–Trinajstić information content (AvgIpc) is 3.27. The molecule has 7 heteroatoms. The highest BCUT2D eigenvalue weighted by atomic mass is 16.5. The van der Waals surface area contributed by atoms with Gasteiger partial charge in [0.1, 0.15) is 0 Å². The Morgan fingerprint density at radius 2 is 2.43 bits per heavy atom. The van der Waals surface area contributed by atoms with E-state index in [1.165, 1.54) is 0 Å². The topological polar surface area (TPSA) is 72.3 Å². The molecule has 2 amide bonds. The van der Waals surface area contributed by atoms with E-state index in [4.69, 9.17) is 4.74 Å². The lowest BCUT2D eigenvalue weighted by Gasteiger charge is -2.24. The molecule has 1 atom stereocenters. The van der Waals surface area contributed by atoms with Gasteiger partial charge in [0.2, 0.25) is 0 Å². The van der Waals surface area contributed by atoms with Gasteiger partial charge in [0.05, 0.1) is 18.0 Å². The molecule has 122 valence electrons. The molecule has 1 aliphatic rings. The number of hydrogen-bond donors (Lipinski definition) is 1. The standard InChI is InChI=1S/C16H21N5O2/c1-2-20(12-14-5-3-10-23-14)16(22)19-13-6-7-15(17-11-13)21-9-4-8-18-21/h4,6-9,11,14H,2-3,5,10,12H2,1H3,(H,19,22)/t14-/m0/s1. The zero-order chi connectivity index (χ0) is 16.1. The molecule has 7 nitrogen and oxygen atoms in total. The average molecular weight is 315 g/mol. The molecule has 1 aliphatic heterocycles. The predicted molar refractivity (Wildman–Crippen MR) is 86.6 cm³/mol. The van der Waals surface area contributed by atoms with Gasteiger partial charge in [-0.2, -0.15) is 5.10 Å². The van der Waals surface area contributed by atoms with Crippen LogP contribution in [0.4, 0.5) is 10.5 Å². The highest BCUT2D eigenvalue weighted by molar-refractivity contribution is 5.89. The van der Waals surface area contributed by atoms with Crippen molar-refractivity contribution in [2.45, 2.75) is 25.9 Å². The summed E-state index contributed by atoms with van der Waals surface area (Å²) >= 11 is 0. The number of rotatable bonds is 5. The van der Waals surface area contributed by atoms with Crippen LogP contribution in [0.25, 0.3) is 5.82 Å². The Morgan fingerprint density at radius 3 is 3.04 bits per heavy atom. The molecule has 0 unspecified atom stereocenters. The largest absolute Gasteiger partial charge is 0.376 e. The number of amides is 2. The fourth-order valence-corrected chi connectivity index (χ4v) is 2.59. The lowest BCUT2D eigenvalue weighted by Crippen LogP contribution is -2.40. The van der Waals surface area contributed by atoms with Gasteiger partial charge in [0.15, 0.2) is 5.82 Å². The number of pyridine rings is 1. The summed E-state index contributed by atoms with van der Waals surface area (Å²) in [5.74, 6) is 0.708. The Balaban J connectivity index is 1.59. The third-order valence-corrected chi connectivity index (χ3v) is 3.86. The van der Waals surface area contributed by atoms with Crippen molar-refractivity contribution in [3.63, 3.8) is 0 Å². The van der Waals surface area contributed by atoms with Crippen LogP contribution >= 0.6 is 0 Å². The van der Waals surface area contributed by atoms with Crippen molar-refractivity contribution in [3.05, 3.63) is 36.8 Å². The zero-order valence-electron chi connectivity index (χ0n) is 13.2. The molecule has 23 heavy (non-hydrogen) atoms. The molecule has 1 N–H and O–H groups in total. The van der Waals surface area contributed by atoms with Crippen molar-refractivity contribution in [2.75, 3.05) is 25.0 Å². The Kier molecular flexibility index (Phi) is 4.87. The maximum Gasteiger partial charge on any atom is 0.321 e. The predicted octanol–water partition coefficient (Wildman–Crippen LogP) is 2.30. The van der Waals surface area contributed by atoms with Gasteiger partial charge in [-0.3, -0.25) is 0 Å². The monoisotopic (exact) mass is 315 g/mol. The molecule has 0 bridgehead atoms. The van der Waals surface area contributed by atoms with Crippen LogP contribution in [0.3, 0.4) is 0 Å². The minimum atomic E-state index is -0.128. The number of anilines is 1. The molecule has 2 aromatic rings. The first kappa shape index (κ1) is 15.5. The van der Waals surface area contributed by atoms with Gasteiger partial charge in [0, 0.05) is 32.1 Å². The number of carbonyl (C=O) groups is 1. The van der Waals surface area contributed by atoms with Gasteiger partial charge in [0.25, 0.3) is 0 Å². The normalized spacial score (nSPS) is 17.2. The van der Waals surface area contributed by atoms with Crippen molar-refractivity contribution < 1.29 is 9.53 Å². The number of ether oxygens (including phenoxy) is 1. The fraction of sp³-hybridized carbons (Fsp3) is 0.438. The van der Waals surface area contributed by atoms with Crippen LogP contribution in [0, 0.1) is 0 Å². The van der Waals surface area contributed by atoms with Gasteiger partial charge < -0.3 is 15.0 Å². The number of nitrogens with zero attached hydrogens (tertiary/aromatic N) is 4. The van der Waals surface area contributed by atoms with Gasteiger partial charge in [-0.15, -0.1) is 0 Å². The summed E-state index contributed by atoms with van der Waals surface area (Å²) in [5, 5.41) is 7.00. The lowest BCUT2D eigenvalue weighted by molar-refractivity contribution is 0.0849. The molecule has 2 aromatic heterocycles. The minimum Gasteiger partial charge on any atom is -0.376 e. The Morgan fingerprint density at radius 1 is 1.52 bits per heavy atom. The second-order valence-corrected chi connectivity index (χ2v) is 5.46. The summed E-state index contributed by atoms with van der Waals surface area (Å²) in [4.78, 5) is 18.4. The molecular weight excluding hydrogens is 294 g/mol. The van der Waals surface area contributed by atoms with Crippen LogP contribution in [-0.2, 0) is 4.74 Å². The van der Waals surface area contributed by atoms with E-state index < -0.39 is 0 Å². The molecule has 0 saturated carbocycles. The summed E-state index contributed by atoms with van der Waals surface area (Å²) in [6, 6.07) is 5.35. The first-order valence-electron chi connectivity index (χ1n) is 7.90. The van der Waals surface area contributed by atoms with E-state index in [0.29, 0.717) is 24.6 Å². The first-order chi connectivity index (χ1) is 11.3. The summed E-state index contributed by atoms with van der Waals surface area (Å²) in [6.45, 7) is 4.03. The number of hydrogen-bond acceptors (Lipinski definition) is 4. The molecule has 0 aromatic carbocycles. The third-order valence-electron chi connectivity index (χ3n) is 3.86. The molecule has 0 radical (unpaired) electrons. The van der Waals surface area contributed by atoms with Crippen LogP contribution in [0.2, 0.25) is 0 Å². The van der Waals surface area contributed by atoms with E-state index in [2.05, 4.69) is 15.4 Å². The summed E-state index contributed by atoms with van der Waals surface area (Å²) in [6.07, 6.45) is 7.39. The molecule has 3 rings (SSSR count). The Bertz CT molecular complexity index is 620. The van der Waals surface area contributed by atoms with Crippen molar-refractivity contribution in [3.8, 4) is 5.82 Å². The Hall–Kier alpha value is -2.41. The van der Waals surface area contributed by atoms with E-state index in [9.17, 15) is 4.79 Å². The maximum atomic E-state index is 12.4. The lowest BCUT2D eigenvalue weighted by atomic mass is 10.2. The van der Waals surface area contributed by atoms with Crippen LogP contribution in [-0.4, -0.2) is 51.5 Å². The second-order valence-electron chi connectivity index (χ2n) is 5.46. The van der Waals surface area contributed by atoms with Crippen LogP contribution < -0.4 is 5.32 Å². The van der Waals surface area contributed by atoms with Gasteiger partial charge in [-0.05, 0) is 38.0 Å². The van der Waals surface area contributed by atoms with Crippen LogP contribution in [0.15, 0.2) is 36.8 Å². The van der Waals surface area contributed by atoms with Crippen LogP contribution in [0.1, 0.15) is 19.8 Å². The number of carbonyl (C=O) groups excluding carboxylic acids is 1. The zero-order valence-corrected chi connectivity index (χ0v) is 13.2. The maximum absolute atomic E-state index is 12.4. The molecule has 1 fully saturated rings. The van der Waals surface area contributed by atoms with Gasteiger partial charge in [-0.25, -0.2) is 14.5 Å². The smallest absolute Gasteiger partial charge is 0.321 e. The molecule has 0 spiro atoms. The van der Waals surface area contributed by atoms with Crippen molar-refractivity contribution in [2.24, 2.45) is 0 Å². The highest BCUT2D eigenvalue weighted by Crippen LogP contribution is 2.15. The number of nitrogens with one attached hydrogen (secondary N) is 1. The molecular formula is C16H21N5O2. The van der Waals surface area contributed by atoms with Crippen molar-refractivity contribution in [1.29, 1.82) is 0 Å². The summed E-state index contributed by atoms with van der Waals surface area (Å²) in [5.41, 5.74) is 0.664. The SMILES string of the molecule is CCN(C[C@@H]1CCCO1)C(=O)Nc1ccc(-n2cccn2)nc1. The molecule has 1 saturated heterocycles. The van der Waals surface area contributed by atoms with Gasteiger partial charge in [-0.1, -0.05) is 0 Å². The van der Waals surface area contributed by atoms with E-state index in [1.54, 1.807) is 22.0 Å². The molecule has 3 heterocycles. The van der Waals surface area contributed by atoms with Crippen LogP contribution in [0.5, 0.6) is 0 Å². The molecule has 0 aliphatic carbocycles. The van der Waals surface area contributed by atoms with E-state index in [-0.39, 0.29) is 12.1 Å². The van der Waals surface area contributed by atoms with Crippen molar-refractivity contribution >= 4 is 11.7 Å². The third kappa shape index (κ3) is 3.87. The van der Waals surface area contributed by atoms with Gasteiger partial charge >= 0.3 is 6.03 Å². The fourth-order valence-electron chi connectivity index (χ4n) is 2.59. The Labute approximate surface area is 135 Å². The van der Waals surface area contributed by atoms with Crippen molar-refractivity contribution in [1.82, 2.24) is 19.7 Å². The quantitative estimate of drug-likeness (QED) is 0.919. The second kappa shape index (κ2) is 7.23. The number of aromatic nitrogens is 3. The summed E-state index contributed by atoms with van der Waals surface area (Å²) in [7, 11) is 0.